The first-order valence-corrected chi connectivity index (χ1v) is 7.57. The van der Waals surface area contributed by atoms with E-state index in [0.29, 0.717) is 0 Å². The Hall–Kier alpha value is -3.68. The van der Waals surface area contributed by atoms with Crippen LogP contribution in [-0.2, 0) is 9.59 Å². The smallest absolute Gasteiger partial charge is 0.329 e. The summed E-state index contributed by atoms with van der Waals surface area (Å²) in [5, 5.41) is 23.0. The van der Waals surface area contributed by atoms with E-state index in [1.165, 1.54) is 24.3 Å². The first-order chi connectivity index (χ1) is 12.4. The van der Waals surface area contributed by atoms with Crippen molar-refractivity contribution in [1.29, 1.82) is 0 Å². The van der Waals surface area contributed by atoms with E-state index in [-0.39, 0.29) is 11.1 Å². The zero-order chi connectivity index (χ0) is 19.1. The Morgan fingerprint density at radius 2 is 0.923 bits per heavy atom. The van der Waals surface area contributed by atoms with Crippen LogP contribution in [0.25, 0.3) is 0 Å². The first-order valence-electron chi connectivity index (χ1n) is 7.57. The molecule has 2 amide bonds. The first kappa shape index (κ1) is 18.7. The van der Waals surface area contributed by atoms with Crippen LogP contribution in [0.1, 0.15) is 20.7 Å². The predicted molar refractivity (Wildman–Crippen MR) is 90.7 cm³/mol. The van der Waals surface area contributed by atoms with Gasteiger partial charge in [0.05, 0.1) is 0 Å². The van der Waals surface area contributed by atoms with E-state index in [4.69, 9.17) is 0 Å². The number of carboxylic acids is 2. The molecule has 0 aliphatic heterocycles. The van der Waals surface area contributed by atoms with E-state index in [9.17, 15) is 29.4 Å². The van der Waals surface area contributed by atoms with Crippen LogP contribution in [0, 0.1) is 0 Å². The van der Waals surface area contributed by atoms with Crippen molar-refractivity contribution in [2.45, 2.75) is 12.1 Å². The van der Waals surface area contributed by atoms with Gasteiger partial charge in [-0.1, -0.05) is 36.4 Å². The maximum atomic E-state index is 12.2. The average Bonchev–Trinajstić information content (AvgIpc) is 2.65. The van der Waals surface area contributed by atoms with Crippen molar-refractivity contribution in [2.75, 3.05) is 0 Å². The van der Waals surface area contributed by atoms with Crippen molar-refractivity contribution in [3.05, 3.63) is 71.8 Å². The molecule has 2 rings (SSSR count). The van der Waals surface area contributed by atoms with Crippen LogP contribution in [0.4, 0.5) is 0 Å². The summed E-state index contributed by atoms with van der Waals surface area (Å²) in [4.78, 5) is 47.3. The van der Waals surface area contributed by atoms with Crippen LogP contribution in [0.3, 0.4) is 0 Å². The summed E-state index contributed by atoms with van der Waals surface area (Å²) in [7, 11) is 0. The molecule has 8 nitrogen and oxygen atoms in total. The van der Waals surface area contributed by atoms with Crippen molar-refractivity contribution in [3.63, 3.8) is 0 Å². The highest BCUT2D eigenvalue weighted by Crippen LogP contribution is 2.05. The zero-order valence-electron chi connectivity index (χ0n) is 13.5. The molecule has 0 aromatic heterocycles. The van der Waals surface area contributed by atoms with Gasteiger partial charge in [0, 0.05) is 11.1 Å². The predicted octanol–water partition coefficient (Wildman–Crippen LogP) is 0.753. The third-order valence-electron chi connectivity index (χ3n) is 3.51. The minimum absolute atomic E-state index is 0.164. The highest BCUT2D eigenvalue weighted by atomic mass is 16.4. The largest absolute Gasteiger partial charge is 0.480 e. The fourth-order valence-electron chi connectivity index (χ4n) is 2.20. The number of carboxylic acid groups (broad SMARTS) is 2. The zero-order valence-corrected chi connectivity index (χ0v) is 13.5. The van der Waals surface area contributed by atoms with E-state index in [1.807, 2.05) is 0 Å². The minimum atomic E-state index is -1.85. The average molecular weight is 356 g/mol. The number of aliphatic carboxylic acids is 2. The van der Waals surface area contributed by atoms with E-state index in [1.54, 1.807) is 36.4 Å². The molecule has 0 saturated heterocycles. The topological polar surface area (TPSA) is 133 Å². The molecule has 134 valence electrons. The van der Waals surface area contributed by atoms with E-state index >= 15 is 0 Å². The van der Waals surface area contributed by atoms with Crippen LogP contribution < -0.4 is 10.6 Å². The number of rotatable bonds is 7. The summed E-state index contributed by atoms with van der Waals surface area (Å²) >= 11 is 0. The lowest BCUT2D eigenvalue weighted by Crippen LogP contribution is -2.59. The fraction of sp³-hybridized carbons (Fsp3) is 0.111. The van der Waals surface area contributed by atoms with E-state index < -0.39 is 35.8 Å². The molecule has 0 bridgehead atoms. The van der Waals surface area contributed by atoms with Gasteiger partial charge in [-0.3, -0.25) is 9.59 Å². The SMILES string of the molecule is O=C(NC(C(=O)O)C(NC(=O)c1ccccc1)C(=O)O)c1ccccc1. The molecule has 0 aliphatic rings. The number of nitrogens with one attached hydrogen (secondary N) is 2. The number of carbonyl (C=O) groups is 4. The Morgan fingerprint density at radius 1 is 0.615 bits per heavy atom. The van der Waals surface area contributed by atoms with Crippen molar-refractivity contribution in [1.82, 2.24) is 10.6 Å². The van der Waals surface area contributed by atoms with Gasteiger partial charge in [-0.15, -0.1) is 0 Å². The Kier molecular flexibility index (Phi) is 6.05. The van der Waals surface area contributed by atoms with Gasteiger partial charge in [0.2, 0.25) is 0 Å². The second-order valence-electron chi connectivity index (χ2n) is 5.31. The molecule has 2 aromatic carbocycles. The Balaban J connectivity index is 2.20. The lowest BCUT2D eigenvalue weighted by Gasteiger charge is -2.22. The molecular weight excluding hydrogens is 340 g/mol. The fourth-order valence-corrected chi connectivity index (χ4v) is 2.20. The number of benzene rings is 2. The van der Waals surface area contributed by atoms with Gasteiger partial charge in [-0.2, -0.15) is 0 Å². The molecule has 2 unspecified atom stereocenters. The normalized spacial score (nSPS) is 12.5. The van der Waals surface area contributed by atoms with Crippen molar-refractivity contribution < 1.29 is 29.4 Å². The quantitative estimate of drug-likeness (QED) is 0.579. The molecular formula is C18H16N2O6. The number of hydrogen-bond donors (Lipinski definition) is 4. The lowest BCUT2D eigenvalue weighted by molar-refractivity contribution is -0.147. The summed E-state index contributed by atoms with van der Waals surface area (Å²) in [5.41, 5.74) is 0.328. The molecule has 8 heteroatoms. The summed E-state index contributed by atoms with van der Waals surface area (Å²) < 4.78 is 0. The monoisotopic (exact) mass is 356 g/mol. The van der Waals surface area contributed by atoms with Gasteiger partial charge in [0.1, 0.15) is 0 Å². The third kappa shape index (κ3) is 4.67. The van der Waals surface area contributed by atoms with Crippen molar-refractivity contribution in [2.24, 2.45) is 0 Å². The van der Waals surface area contributed by atoms with Crippen LogP contribution >= 0.6 is 0 Å². The Labute approximate surface area is 148 Å². The molecule has 0 radical (unpaired) electrons. The van der Waals surface area contributed by atoms with Gasteiger partial charge in [0.15, 0.2) is 12.1 Å². The van der Waals surface area contributed by atoms with Gasteiger partial charge in [0.25, 0.3) is 11.8 Å². The molecule has 2 atom stereocenters. The Bertz CT molecular complexity index is 737. The summed E-state index contributed by atoms with van der Waals surface area (Å²) in [5.74, 6) is -4.71. The van der Waals surface area contributed by atoms with Crippen LogP contribution in [0.15, 0.2) is 60.7 Å². The van der Waals surface area contributed by atoms with E-state index in [2.05, 4.69) is 10.6 Å². The highest BCUT2D eigenvalue weighted by molar-refractivity contribution is 6.00. The highest BCUT2D eigenvalue weighted by Gasteiger charge is 2.36. The molecule has 0 fully saturated rings. The minimum Gasteiger partial charge on any atom is -0.480 e. The van der Waals surface area contributed by atoms with Gasteiger partial charge < -0.3 is 20.8 Å². The lowest BCUT2D eigenvalue weighted by atomic mass is 10.1. The van der Waals surface area contributed by atoms with Gasteiger partial charge >= 0.3 is 11.9 Å². The van der Waals surface area contributed by atoms with Gasteiger partial charge in [-0.25, -0.2) is 9.59 Å². The molecule has 0 aliphatic carbocycles. The second-order valence-corrected chi connectivity index (χ2v) is 5.31. The number of amides is 2. The number of hydrogen-bond acceptors (Lipinski definition) is 4. The summed E-state index contributed by atoms with van der Waals surface area (Å²) in [6.45, 7) is 0. The molecule has 2 aromatic rings. The Morgan fingerprint density at radius 3 is 1.19 bits per heavy atom. The maximum Gasteiger partial charge on any atom is 0.329 e. The molecule has 4 N–H and O–H groups in total. The molecule has 0 heterocycles. The maximum absolute atomic E-state index is 12.2. The molecule has 0 spiro atoms. The van der Waals surface area contributed by atoms with E-state index in [0.717, 1.165) is 0 Å². The molecule has 26 heavy (non-hydrogen) atoms. The number of carbonyl (C=O) groups excluding carboxylic acids is 2. The van der Waals surface area contributed by atoms with Crippen LogP contribution in [-0.4, -0.2) is 46.0 Å². The summed E-state index contributed by atoms with van der Waals surface area (Å²) in [6, 6.07) is 11.8. The van der Waals surface area contributed by atoms with Crippen LogP contribution in [0.5, 0.6) is 0 Å². The van der Waals surface area contributed by atoms with Crippen molar-refractivity contribution in [3.8, 4) is 0 Å². The third-order valence-corrected chi connectivity index (χ3v) is 3.51. The second kappa shape index (κ2) is 8.43. The van der Waals surface area contributed by atoms with Gasteiger partial charge in [-0.05, 0) is 24.3 Å². The summed E-state index contributed by atoms with van der Waals surface area (Å²) in [6.07, 6.45) is 0. The van der Waals surface area contributed by atoms with Crippen LogP contribution in [0.2, 0.25) is 0 Å². The van der Waals surface area contributed by atoms with Crippen molar-refractivity contribution >= 4 is 23.8 Å². The standard InChI is InChI=1S/C18H16N2O6/c21-15(11-7-3-1-4-8-11)19-13(17(23)24)14(18(25)26)20-16(22)12-9-5-2-6-10-12/h1-10,13-14H,(H,19,21)(H,20,22)(H,23,24)(H,25,26). The molecule has 0 saturated carbocycles.